The molecular formula is C26H23F3N6OS. The third-order valence-corrected chi connectivity index (χ3v) is 7.42. The lowest BCUT2D eigenvalue weighted by Gasteiger charge is -2.35. The number of aromatic amines is 1. The summed E-state index contributed by atoms with van der Waals surface area (Å²) in [7, 11) is 0. The molecule has 1 aromatic carbocycles. The van der Waals surface area contributed by atoms with Crippen molar-refractivity contribution in [2.24, 2.45) is 0 Å². The minimum Gasteiger partial charge on any atom is -0.390 e. The summed E-state index contributed by atoms with van der Waals surface area (Å²) in [4.78, 5) is 12.5. The van der Waals surface area contributed by atoms with E-state index in [0.29, 0.717) is 36.5 Å². The minimum atomic E-state index is -4.43. The van der Waals surface area contributed by atoms with Gasteiger partial charge in [0.05, 0.1) is 23.3 Å². The molecule has 5 rings (SSSR count). The molecule has 1 aliphatic heterocycles. The van der Waals surface area contributed by atoms with Crippen molar-refractivity contribution >= 4 is 28.8 Å². The summed E-state index contributed by atoms with van der Waals surface area (Å²) in [6.07, 6.45) is -2.08. The number of rotatable bonds is 5. The lowest BCUT2D eigenvalue weighted by Crippen LogP contribution is -2.47. The van der Waals surface area contributed by atoms with E-state index in [-0.39, 0.29) is 6.04 Å². The zero-order valence-corrected chi connectivity index (χ0v) is 20.6. The van der Waals surface area contributed by atoms with Crippen LogP contribution in [0.15, 0.2) is 59.8 Å². The molecule has 2 unspecified atom stereocenters. The van der Waals surface area contributed by atoms with Gasteiger partial charge in [0, 0.05) is 47.0 Å². The Bertz CT molecular complexity index is 1450. The SMILES string of the molecule is Cc1nc2[nH]cc(C#N)c2cc1-c1ccc(SN2CCC(Nc3ccc(C(F)(F)F)cn3)C(O)C2)cc1. The molecule has 4 aromatic rings. The number of hydrogen-bond acceptors (Lipinski definition) is 7. The highest BCUT2D eigenvalue weighted by molar-refractivity contribution is 7.97. The van der Waals surface area contributed by atoms with Crippen LogP contribution in [-0.4, -0.2) is 49.6 Å². The number of nitrogens with zero attached hydrogens (tertiary/aromatic N) is 4. The largest absolute Gasteiger partial charge is 0.417 e. The van der Waals surface area contributed by atoms with Crippen LogP contribution in [0.1, 0.15) is 23.2 Å². The van der Waals surface area contributed by atoms with Crippen molar-refractivity contribution < 1.29 is 18.3 Å². The van der Waals surface area contributed by atoms with E-state index in [1.807, 2.05) is 37.3 Å². The van der Waals surface area contributed by atoms with Crippen molar-refractivity contribution in [1.82, 2.24) is 19.3 Å². The lowest BCUT2D eigenvalue weighted by atomic mass is 10.0. The predicted molar refractivity (Wildman–Crippen MR) is 136 cm³/mol. The average Bonchev–Trinajstić information content (AvgIpc) is 3.27. The van der Waals surface area contributed by atoms with Gasteiger partial charge in [-0.25, -0.2) is 14.3 Å². The van der Waals surface area contributed by atoms with Gasteiger partial charge >= 0.3 is 6.18 Å². The van der Waals surface area contributed by atoms with Crippen molar-refractivity contribution in [3.63, 3.8) is 0 Å². The summed E-state index contributed by atoms with van der Waals surface area (Å²) in [5.74, 6) is 0.304. The molecule has 0 amide bonds. The zero-order valence-electron chi connectivity index (χ0n) is 19.8. The Morgan fingerprint density at radius 2 is 2.00 bits per heavy atom. The van der Waals surface area contributed by atoms with Crippen LogP contribution in [-0.2, 0) is 6.18 Å². The van der Waals surface area contributed by atoms with Crippen molar-refractivity contribution in [3.05, 3.63) is 71.7 Å². The molecule has 7 nitrogen and oxygen atoms in total. The number of aliphatic hydroxyl groups excluding tert-OH is 1. The van der Waals surface area contributed by atoms with E-state index in [1.54, 1.807) is 18.1 Å². The maximum atomic E-state index is 12.7. The molecule has 190 valence electrons. The highest BCUT2D eigenvalue weighted by Crippen LogP contribution is 2.32. The van der Waals surface area contributed by atoms with Gasteiger partial charge in [0.25, 0.3) is 0 Å². The molecule has 1 saturated heterocycles. The van der Waals surface area contributed by atoms with Crippen LogP contribution in [0.3, 0.4) is 0 Å². The van der Waals surface area contributed by atoms with Gasteiger partial charge in [0.1, 0.15) is 17.5 Å². The van der Waals surface area contributed by atoms with Gasteiger partial charge in [0.2, 0.25) is 0 Å². The maximum Gasteiger partial charge on any atom is 0.417 e. The van der Waals surface area contributed by atoms with Crippen molar-refractivity contribution in [2.75, 3.05) is 18.4 Å². The van der Waals surface area contributed by atoms with Gasteiger partial charge in [-0.2, -0.15) is 18.4 Å². The number of halogens is 3. The minimum absolute atomic E-state index is 0.304. The fourth-order valence-electron chi connectivity index (χ4n) is 4.36. The molecule has 0 spiro atoms. The van der Waals surface area contributed by atoms with Crippen molar-refractivity contribution in [2.45, 2.75) is 36.6 Å². The predicted octanol–water partition coefficient (Wildman–Crippen LogP) is 5.38. The number of nitrogens with one attached hydrogen (secondary N) is 2. The standard InChI is InChI=1S/C26H23F3N6OS/c1-15-20(10-21-17(11-30)12-32-25(21)33-15)16-2-5-19(6-3-16)37-35-9-8-22(23(36)14-35)34-24-7-4-18(13-31-24)26(27,28)29/h2-7,10,12-13,22-23,36H,8-9,14H2,1H3,(H,31,34)(H,32,33). The smallest absolute Gasteiger partial charge is 0.390 e. The number of alkyl halides is 3. The number of piperidine rings is 1. The summed E-state index contributed by atoms with van der Waals surface area (Å²) in [6.45, 7) is 3.02. The Labute approximate surface area is 215 Å². The molecular weight excluding hydrogens is 501 g/mol. The molecule has 2 atom stereocenters. The first-order valence-electron chi connectivity index (χ1n) is 11.6. The van der Waals surface area contributed by atoms with E-state index in [1.165, 1.54) is 6.07 Å². The number of anilines is 1. The second-order valence-corrected chi connectivity index (χ2v) is 10.0. The molecule has 11 heteroatoms. The van der Waals surface area contributed by atoms with Gasteiger partial charge in [-0.05, 0) is 61.2 Å². The quantitative estimate of drug-likeness (QED) is 0.302. The summed E-state index contributed by atoms with van der Waals surface area (Å²) < 4.78 is 40.3. The number of benzene rings is 1. The van der Waals surface area contributed by atoms with Gasteiger partial charge < -0.3 is 15.4 Å². The summed E-state index contributed by atoms with van der Waals surface area (Å²) in [6, 6.07) is 14.2. The van der Waals surface area contributed by atoms with Crippen LogP contribution in [0.5, 0.6) is 0 Å². The molecule has 3 aromatic heterocycles. The van der Waals surface area contributed by atoms with Crippen LogP contribution in [0.4, 0.5) is 19.0 Å². The van der Waals surface area contributed by atoms with Gasteiger partial charge in [-0.1, -0.05) is 12.1 Å². The number of hydrogen-bond donors (Lipinski definition) is 3. The summed E-state index contributed by atoms with van der Waals surface area (Å²) in [5, 5.41) is 23.8. The van der Waals surface area contributed by atoms with E-state index in [9.17, 15) is 23.5 Å². The van der Waals surface area contributed by atoms with Crippen LogP contribution in [0, 0.1) is 18.3 Å². The molecule has 1 fully saturated rings. The van der Waals surface area contributed by atoms with Crippen molar-refractivity contribution in [1.29, 1.82) is 5.26 Å². The molecule has 0 radical (unpaired) electrons. The number of fused-ring (bicyclic) bond motifs is 1. The number of aryl methyl sites for hydroxylation is 1. The first kappa shape index (κ1) is 25.1. The number of aromatic nitrogens is 3. The molecule has 3 N–H and O–H groups in total. The Morgan fingerprint density at radius 1 is 1.22 bits per heavy atom. The van der Waals surface area contributed by atoms with E-state index in [4.69, 9.17) is 0 Å². The normalized spacial score (nSPS) is 18.6. The molecule has 0 bridgehead atoms. The topological polar surface area (TPSA) is 101 Å². The second-order valence-electron chi connectivity index (χ2n) is 8.87. The first-order valence-corrected chi connectivity index (χ1v) is 12.4. The molecule has 4 heterocycles. The molecule has 37 heavy (non-hydrogen) atoms. The van der Waals surface area contributed by atoms with Crippen LogP contribution in [0.2, 0.25) is 0 Å². The third-order valence-electron chi connectivity index (χ3n) is 6.35. The number of aliphatic hydroxyl groups is 1. The van der Waals surface area contributed by atoms with Gasteiger partial charge in [-0.3, -0.25) is 0 Å². The number of nitriles is 1. The Balaban J connectivity index is 1.21. The molecule has 0 aliphatic carbocycles. The van der Waals surface area contributed by atoms with E-state index >= 15 is 0 Å². The highest BCUT2D eigenvalue weighted by Gasteiger charge is 2.31. The Hall–Kier alpha value is -3.59. The Kier molecular flexibility index (Phi) is 6.81. The lowest BCUT2D eigenvalue weighted by molar-refractivity contribution is -0.137. The van der Waals surface area contributed by atoms with Crippen LogP contribution >= 0.6 is 11.9 Å². The zero-order chi connectivity index (χ0) is 26.2. The monoisotopic (exact) mass is 524 g/mol. The fourth-order valence-corrected chi connectivity index (χ4v) is 5.34. The number of β-amino-alcohol motifs (C(OH)–C–C–N with tert-alkyl or cyclic N) is 1. The molecule has 1 aliphatic rings. The average molecular weight is 525 g/mol. The number of pyridine rings is 2. The Morgan fingerprint density at radius 3 is 2.65 bits per heavy atom. The second kappa shape index (κ2) is 10.0. The van der Waals surface area contributed by atoms with Crippen molar-refractivity contribution in [3.8, 4) is 17.2 Å². The highest BCUT2D eigenvalue weighted by atomic mass is 32.2. The fraction of sp³-hybridized carbons (Fsp3) is 0.269. The van der Waals surface area contributed by atoms with E-state index in [2.05, 4.69) is 30.6 Å². The summed E-state index contributed by atoms with van der Waals surface area (Å²) in [5.41, 5.74) is 3.25. The third kappa shape index (κ3) is 5.41. The van der Waals surface area contributed by atoms with Crippen LogP contribution < -0.4 is 5.32 Å². The number of H-pyrrole nitrogens is 1. The first-order chi connectivity index (χ1) is 17.7. The van der Waals surface area contributed by atoms with Gasteiger partial charge in [0.15, 0.2) is 0 Å². The maximum absolute atomic E-state index is 12.7. The summed E-state index contributed by atoms with van der Waals surface area (Å²) >= 11 is 1.54. The van der Waals surface area contributed by atoms with Gasteiger partial charge in [-0.15, -0.1) is 0 Å². The molecule has 0 saturated carbocycles. The van der Waals surface area contributed by atoms with Crippen LogP contribution in [0.25, 0.3) is 22.2 Å². The van der Waals surface area contributed by atoms with E-state index < -0.39 is 17.8 Å². The van der Waals surface area contributed by atoms with E-state index in [0.717, 1.165) is 39.4 Å².